The van der Waals surface area contributed by atoms with E-state index in [2.05, 4.69) is 10.6 Å². The second kappa shape index (κ2) is 9.31. The van der Waals surface area contributed by atoms with Crippen LogP contribution in [0.5, 0.6) is 0 Å². The molecule has 3 N–H and O–H groups in total. The summed E-state index contributed by atoms with van der Waals surface area (Å²) in [5.41, 5.74) is -1.03. The number of rotatable bonds is 7. The van der Waals surface area contributed by atoms with Crippen molar-refractivity contribution >= 4 is 44.6 Å². The molecule has 1 amide bonds. The molecule has 0 aliphatic rings. The van der Waals surface area contributed by atoms with Gasteiger partial charge in [-0.3, -0.25) is 9.52 Å². The molecule has 2 aromatic carbocycles. The molecule has 0 bridgehead atoms. The Kier molecular flexibility index (Phi) is 7.43. The molecule has 0 saturated heterocycles. The molecule has 0 unspecified atom stereocenters. The number of nitrogens with one attached hydrogen (secondary N) is 3. The zero-order valence-electron chi connectivity index (χ0n) is 16.6. The van der Waals surface area contributed by atoms with Gasteiger partial charge in [0.05, 0.1) is 28.2 Å². The number of carbonyl (C=O) groups excluding carboxylic acids is 1. The Balaban J connectivity index is 2.23. The zero-order valence-corrected chi connectivity index (χ0v) is 18.2. The molecule has 170 valence electrons. The van der Waals surface area contributed by atoms with Crippen LogP contribution >= 0.6 is 11.6 Å². The number of hydrogen-bond acceptors (Lipinski definition) is 4. The van der Waals surface area contributed by atoms with Gasteiger partial charge in [-0.25, -0.2) is 12.8 Å². The first kappa shape index (κ1) is 24.7. The first-order valence-corrected chi connectivity index (χ1v) is 11.2. The highest BCUT2D eigenvalue weighted by atomic mass is 35.5. The van der Waals surface area contributed by atoms with Crippen molar-refractivity contribution in [2.24, 2.45) is 5.92 Å². The first-order chi connectivity index (χ1) is 14.2. The largest absolute Gasteiger partial charge is 0.416 e. The average Bonchev–Trinajstić information content (AvgIpc) is 2.61. The maximum Gasteiger partial charge on any atom is 0.416 e. The molecular weight excluding hydrogens is 462 g/mol. The van der Waals surface area contributed by atoms with Crippen LogP contribution in [0.1, 0.15) is 19.4 Å². The number of sulfonamides is 1. The summed E-state index contributed by atoms with van der Waals surface area (Å²) < 4.78 is 77.0. The third-order valence-corrected chi connectivity index (χ3v) is 4.99. The maximum atomic E-state index is 13.8. The van der Waals surface area contributed by atoms with Gasteiger partial charge in [-0.05, 0) is 42.3 Å². The van der Waals surface area contributed by atoms with Crippen molar-refractivity contribution in [3.63, 3.8) is 0 Å². The topological polar surface area (TPSA) is 87.3 Å². The number of carbonyl (C=O) groups is 1. The maximum absolute atomic E-state index is 13.8. The summed E-state index contributed by atoms with van der Waals surface area (Å²) in [6.45, 7) is 3.41. The van der Waals surface area contributed by atoms with E-state index in [-0.39, 0.29) is 28.0 Å². The summed E-state index contributed by atoms with van der Waals surface area (Å²) in [6.07, 6.45) is -3.71. The summed E-state index contributed by atoms with van der Waals surface area (Å²) in [5.74, 6) is -1.73. The van der Waals surface area contributed by atoms with Crippen LogP contribution in [0.15, 0.2) is 36.4 Å². The Labute approximate surface area is 182 Å². The van der Waals surface area contributed by atoms with Gasteiger partial charge in [-0.1, -0.05) is 25.4 Å². The number of halogens is 5. The standard InChI is InChI=1S/C19H20ClF4N3O3S/c1-10(2)17(26-15-7-4-11(8-13(15)20)19(22,23)24)18(28)25-12-5-6-14(21)16(9-12)27-31(3,29)30/h4-10,17,26-27H,1-3H3,(H,25,28)/t17-/m0/s1. The molecule has 0 aromatic heterocycles. The molecule has 12 heteroatoms. The average molecular weight is 482 g/mol. The van der Waals surface area contributed by atoms with Crippen LogP contribution in [-0.2, 0) is 21.0 Å². The lowest BCUT2D eigenvalue weighted by Crippen LogP contribution is -2.39. The highest BCUT2D eigenvalue weighted by molar-refractivity contribution is 7.92. The number of hydrogen-bond donors (Lipinski definition) is 3. The zero-order chi connectivity index (χ0) is 23.6. The van der Waals surface area contributed by atoms with E-state index < -0.39 is 39.5 Å². The van der Waals surface area contributed by atoms with E-state index in [1.807, 2.05) is 4.72 Å². The highest BCUT2D eigenvalue weighted by Gasteiger charge is 2.31. The van der Waals surface area contributed by atoms with Crippen molar-refractivity contribution in [1.82, 2.24) is 0 Å². The Bertz CT molecular complexity index is 1080. The summed E-state index contributed by atoms with van der Waals surface area (Å²) in [4.78, 5) is 12.7. The fourth-order valence-corrected chi connectivity index (χ4v) is 3.40. The van der Waals surface area contributed by atoms with E-state index in [4.69, 9.17) is 11.6 Å². The van der Waals surface area contributed by atoms with Gasteiger partial charge in [0.25, 0.3) is 0 Å². The van der Waals surface area contributed by atoms with Gasteiger partial charge in [0, 0.05) is 5.69 Å². The van der Waals surface area contributed by atoms with Gasteiger partial charge in [-0.2, -0.15) is 13.2 Å². The lowest BCUT2D eigenvalue weighted by atomic mass is 10.0. The van der Waals surface area contributed by atoms with Crippen molar-refractivity contribution < 1.29 is 30.8 Å². The first-order valence-electron chi connectivity index (χ1n) is 8.89. The van der Waals surface area contributed by atoms with Crippen molar-refractivity contribution in [2.45, 2.75) is 26.1 Å². The fraction of sp³-hybridized carbons (Fsp3) is 0.316. The van der Waals surface area contributed by atoms with E-state index in [9.17, 15) is 30.8 Å². The fourth-order valence-electron chi connectivity index (χ4n) is 2.61. The minimum atomic E-state index is -4.56. The summed E-state index contributed by atoms with van der Waals surface area (Å²) >= 11 is 5.95. The van der Waals surface area contributed by atoms with Crippen LogP contribution in [0.3, 0.4) is 0 Å². The molecule has 0 fully saturated rings. The van der Waals surface area contributed by atoms with Gasteiger partial charge >= 0.3 is 6.18 Å². The minimum Gasteiger partial charge on any atom is -0.372 e. The molecule has 0 aliphatic heterocycles. The van der Waals surface area contributed by atoms with Crippen molar-refractivity contribution in [3.8, 4) is 0 Å². The molecule has 6 nitrogen and oxygen atoms in total. The van der Waals surface area contributed by atoms with Gasteiger partial charge in [0.2, 0.25) is 15.9 Å². The molecule has 2 rings (SSSR count). The van der Waals surface area contributed by atoms with Crippen LogP contribution in [0, 0.1) is 11.7 Å². The Morgan fingerprint density at radius 3 is 2.23 bits per heavy atom. The highest BCUT2D eigenvalue weighted by Crippen LogP contribution is 2.34. The molecule has 0 radical (unpaired) electrons. The third-order valence-electron chi connectivity index (χ3n) is 4.09. The van der Waals surface area contributed by atoms with Gasteiger partial charge in [-0.15, -0.1) is 0 Å². The quantitative estimate of drug-likeness (QED) is 0.489. The molecule has 31 heavy (non-hydrogen) atoms. The Morgan fingerprint density at radius 2 is 1.71 bits per heavy atom. The number of anilines is 3. The summed E-state index contributed by atoms with van der Waals surface area (Å²) in [5, 5.41) is 5.13. The number of alkyl halides is 3. The smallest absolute Gasteiger partial charge is 0.372 e. The predicted molar refractivity (Wildman–Crippen MR) is 112 cm³/mol. The van der Waals surface area contributed by atoms with Crippen LogP contribution in [0.2, 0.25) is 5.02 Å². The predicted octanol–water partition coefficient (Wildman–Crippen LogP) is 4.94. The summed E-state index contributed by atoms with van der Waals surface area (Å²) in [6, 6.07) is 5.13. The minimum absolute atomic E-state index is 0.114. The second-order valence-corrected chi connectivity index (χ2v) is 9.27. The molecule has 0 aliphatic carbocycles. The van der Waals surface area contributed by atoms with Crippen molar-refractivity contribution in [1.29, 1.82) is 0 Å². The van der Waals surface area contributed by atoms with Crippen LogP contribution in [0.4, 0.5) is 34.6 Å². The van der Waals surface area contributed by atoms with Gasteiger partial charge < -0.3 is 10.6 Å². The Hall–Kier alpha value is -2.53. The molecule has 2 aromatic rings. The molecule has 0 heterocycles. The number of benzene rings is 2. The van der Waals surface area contributed by atoms with Crippen molar-refractivity contribution in [3.05, 3.63) is 52.8 Å². The van der Waals surface area contributed by atoms with E-state index in [0.29, 0.717) is 0 Å². The lowest BCUT2D eigenvalue weighted by Gasteiger charge is -2.24. The summed E-state index contributed by atoms with van der Waals surface area (Å²) in [7, 11) is -3.74. The molecule has 0 spiro atoms. The van der Waals surface area contributed by atoms with Crippen LogP contribution in [0.25, 0.3) is 0 Å². The SMILES string of the molecule is CC(C)[C@H](Nc1ccc(C(F)(F)F)cc1Cl)C(=O)Nc1ccc(F)c(NS(C)(=O)=O)c1. The molecular formula is C19H20ClF4N3O3S. The van der Waals surface area contributed by atoms with E-state index in [1.54, 1.807) is 13.8 Å². The molecule has 0 saturated carbocycles. The third kappa shape index (κ3) is 7.00. The normalized spacial score (nSPS) is 13.1. The Morgan fingerprint density at radius 1 is 1.06 bits per heavy atom. The van der Waals surface area contributed by atoms with Crippen LogP contribution in [-0.4, -0.2) is 26.6 Å². The lowest BCUT2D eigenvalue weighted by molar-refractivity contribution is -0.137. The second-order valence-electron chi connectivity index (χ2n) is 7.12. The van der Waals surface area contributed by atoms with Crippen LogP contribution < -0.4 is 15.4 Å². The van der Waals surface area contributed by atoms with Gasteiger partial charge in [0.1, 0.15) is 11.9 Å². The van der Waals surface area contributed by atoms with Gasteiger partial charge in [0.15, 0.2) is 0 Å². The number of amides is 1. The van der Waals surface area contributed by atoms with E-state index in [0.717, 1.165) is 36.6 Å². The van der Waals surface area contributed by atoms with Crippen molar-refractivity contribution in [2.75, 3.05) is 21.6 Å². The molecule has 1 atom stereocenters. The van der Waals surface area contributed by atoms with E-state index >= 15 is 0 Å². The monoisotopic (exact) mass is 481 g/mol. The van der Waals surface area contributed by atoms with E-state index in [1.165, 1.54) is 6.07 Å².